The Hall–Kier alpha value is -3.64. The standard InChI is InChI=1S/C24H19ClFNO4/c25-19-6-1-18(2-7-19)15-30-22-12-3-17(4-13-22)5-14-24(29)31-16-23(28)27-21-10-8-20(26)9-11-21/h1-14H,15-16H2,(H,27,28). The molecule has 0 fully saturated rings. The van der Waals surface area contributed by atoms with Crippen LogP contribution in [0.2, 0.25) is 5.02 Å². The molecule has 0 aromatic heterocycles. The van der Waals surface area contributed by atoms with Crippen molar-refractivity contribution in [3.05, 3.63) is 101 Å². The van der Waals surface area contributed by atoms with E-state index in [1.54, 1.807) is 42.5 Å². The number of hydrogen-bond donors (Lipinski definition) is 1. The summed E-state index contributed by atoms with van der Waals surface area (Å²) < 4.78 is 23.4. The normalized spacial score (nSPS) is 10.6. The number of anilines is 1. The van der Waals surface area contributed by atoms with Gasteiger partial charge in [-0.15, -0.1) is 0 Å². The van der Waals surface area contributed by atoms with Crippen LogP contribution in [0.4, 0.5) is 10.1 Å². The van der Waals surface area contributed by atoms with Crippen LogP contribution in [0.1, 0.15) is 11.1 Å². The van der Waals surface area contributed by atoms with Crippen LogP contribution in [0.3, 0.4) is 0 Å². The molecule has 0 unspecified atom stereocenters. The van der Waals surface area contributed by atoms with E-state index in [0.29, 0.717) is 23.1 Å². The lowest BCUT2D eigenvalue weighted by molar-refractivity contribution is -0.142. The highest BCUT2D eigenvalue weighted by Gasteiger charge is 2.06. The summed E-state index contributed by atoms with van der Waals surface area (Å²) in [5, 5.41) is 3.18. The number of halogens is 2. The molecule has 0 aliphatic rings. The first-order chi connectivity index (χ1) is 15.0. The first-order valence-corrected chi connectivity index (χ1v) is 9.73. The molecule has 0 aliphatic carbocycles. The van der Waals surface area contributed by atoms with Gasteiger partial charge in [0.05, 0.1) is 0 Å². The van der Waals surface area contributed by atoms with Crippen LogP contribution < -0.4 is 10.1 Å². The molecule has 0 saturated carbocycles. The molecular weight excluding hydrogens is 421 g/mol. The fraction of sp³-hybridized carbons (Fsp3) is 0.0833. The van der Waals surface area contributed by atoms with Crippen molar-refractivity contribution >= 4 is 35.2 Å². The lowest BCUT2D eigenvalue weighted by Crippen LogP contribution is -2.20. The molecule has 31 heavy (non-hydrogen) atoms. The molecule has 0 aliphatic heterocycles. The van der Waals surface area contributed by atoms with Gasteiger partial charge in [0.2, 0.25) is 0 Å². The number of hydrogen-bond acceptors (Lipinski definition) is 4. The van der Waals surface area contributed by atoms with Crippen LogP contribution in [0, 0.1) is 5.82 Å². The van der Waals surface area contributed by atoms with Gasteiger partial charge in [-0.25, -0.2) is 9.18 Å². The lowest BCUT2D eigenvalue weighted by Gasteiger charge is -2.07. The van der Waals surface area contributed by atoms with E-state index < -0.39 is 24.3 Å². The number of benzene rings is 3. The van der Waals surface area contributed by atoms with Crippen molar-refractivity contribution in [3.63, 3.8) is 0 Å². The molecular formula is C24H19ClFNO4. The monoisotopic (exact) mass is 439 g/mol. The number of ether oxygens (including phenoxy) is 2. The Morgan fingerprint density at radius 1 is 0.935 bits per heavy atom. The van der Waals surface area contributed by atoms with Crippen molar-refractivity contribution in [1.29, 1.82) is 0 Å². The van der Waals surface area contributed by atoms with Crippen molar-refractivity contribution in [2.24, 2.45) is 0 Å². The van der Waals surface area contributed by atoms with Gasteiger partial charge in [0.25, 0.3) is 5.91 Å². The fourth-order valence-corrected chi connectivity index (χ4v) is 2.63. The predicted octanol–water partition coefficient (Wildman–Crippen LogP) is 5.25. The fourth-order valence-electron chi connectivity index (χ4n) is 2.50. The van der Waals surface area contributed by atoms with Gasteiger partial charge in [-0.3, -0.25) is 4.79 Å². The van der Waals surface area contributed by atoms with Crippen molar-refractivity contribution < 1.29 is 23.5 Å². The van der Waals surface area contributed by atoms with E-state index in [-0.39, 0.29) is 0 Å². The van der Waals surface area contributed by atoms with Gasteiger partial charge in [0.1, 0.15) is 18.2 Å². The maximum absolute atomic E-state index is 12.8. The molecule has 3 aromatic rings. The summed E-state index contributed by atoms with van der Waals surface area (Å²) in [7, 11) is 0. The zero-order valence-corrected chi connectivity index (χ0v) is 17.1. The first-order valence-electron chi connectivity index (χ1n) is 9.35. The molecule has 0 bridgehead atoms. The molecule has 7 heteroatoms. The van der Waals surface area contributed by atoms with Gasteiger partial charge in [0.15, 0.2) is 6.61 Å². The molecule has 0 heterocycles. The van der Waals surface area contributed by atoms with Gasteiger partial charge in [0, 0.05) is 16.8 Å². The van der Waals surface area contributed by atoms with E-state index in [1.165, 1.54) is 30.3 Å². The Kier molecular flexibility index (Phi) is 7.79. The van der Waals surface area contributed by atoms with Crippen LogP contribution in [0.25, 0.3) is 6.08 Å². The van der Waals surface area contributed by atoms with Gasteiger partial charge in [-0.1, -0.05) is 35.9 Å². The summed E-state index contributed by atoms with van der Waals surface area (Å²) in [6, 6.07) is 19.8. The third-order valence-corrected chi connectivity index (χ3v) is 4.34. The lowest BCUT2D eigenvalue weighted by atomic mass is 10.2. The number of carbonyl (C=O) groups excluding carboxylic acids is 2. The molecule has 1 N–H and O–H groups in total. The Labute approximate surface area is 184 Å². The topological polar surface area (TPSA) is 64.6 Å². The largest absolute Gasteiger partial charge is 0.489 e. The minimum absolute atomic E-state index is 0.407. The zero-order valence-electron chi connectivity index (χ0n) is 16.4. The number of carbonyl (C=O) groups is 2. The third kappa shape index (κ3) is 7.60. The van der Waals surface area contributed by atoms with Crippen LogP contribution >= 0.6 is 11.6 Å². The SMILES string of the molecule is O=C(COC(=O)C=Cc1ccc(OCc2ccc(Cl)cc2)cc1)Nc1ccc(F)cc1. The van der Waals surface area contributed by atoms with Gasteiger partial charge in [-0.05, 0) is 65.7 Å². The minimum Gasteiger partial charge on any atom is -0.489 e. The second-order valence-corrected chi connectivity index (χ2v) is 6.92. The van der Waals surface area contributed by atoms with E-state index in [9.17, 15) is 14.0 Å². The summed E-state index contributed by atoms with van der Waals surface area (Å²) in [4.78, 5) is 23.6. The van der Waals surface area contributed by atoms with Crippen molar-refractivity contribution in [2.75, 3.05) is 11.9 Å². The highest BCUT2D eigenvalue weighted by Crippen LogP contribution is 2.16. The van der Waals surface area contributed by atoms with Crippen molar-refractivity contribution in [3.8, 4) is 5.75 Å². The Morgan fingerprint density at radius 2 is 1.61 bits per heavy atom. The van der Waals surface area contributed by atoms with Crippen molar-refractivity contribution in [2.45, 2.75) is 6.61 Å². The van der Waals surface area contributed by atoms with Gasteiger partial charge < -0.3 is 14.8 Å². The van der Waals surface area contributed by atoms with E-state index in [2.05, 4.69) is 5.32 Å². The Balaban J connectivity index is 1.41. The second-order valence-electron chi connectivity index (χ2n) is 6.48. The highest BCUT2D eigenvalue weighted by atomic mass is 35.5. The highest BCUT2D eigenvalue weighted by molar-refractivity contribution is 6.30. The van der Waals surface area contributed by atoms with Crippen LogP contribution in [0.15, 0.2) is 78.9 Å². The van der Waals surface area contributed by atoms with E-state index in [4.69, 9.17) is 21.1 Å². The van der Waals surface area contributed by atoms with Crippen LogP contribution in [-0.2, 0) is 20.9 Å². The molecule has 5 nitrogen and oxygen atoms in total. The maximum Gasteiger partial charge on any atom is 0.331 e. The molecule has 0 saturated heterocycles. The minimum atomic E-state index is -0.655. The average Bonchev–Trinajstić information content (AvgIpc) is 2.78. The molecule has 0 atom stereocenters. The quantitative estimate of drug-likeness (QED) is 0.384. The second kappa shape index (κ2) is 10.9. The summed E-state index contributed by atoms with van der Waals surface area (Å²) >= 11 is 5.86. The maximum atomic E-state index is 12.8. The Morgan fingerprint density at radius 3 is 2.29 bits per heavy atom. The molecule has 0 radical (unpaired) electrons. The molecule has 0 spiro atoms. The van der Waals surface area contributed by atoms with Gasteiger partial charge in [-0.2, -0.15) is 0 Å². The number of amides is 1. The first kappa shape index (κ1) is 22.1. The zero-order chi connectivity index (χ0) is 22.1. The van der Waals surface area contributed by atoms with Crippen LogP contribution in [0.5, 0.6) is 5.75 Å². The summed E-state index contributed by atoms with van der Waals surface area (Å²) in [5.41, 5.74) is 2.18. The molecule has 158 valence electrons. The number of esters is 1. The van der Waals surface area contributed by atoms with Crippen LogP contribution in [-0.4, -0.2) is 18.5 Å². The summed E-state index contributed by atoms with van der Waals surface area (Å²) in [5.74, 6) is -0.893. The number of nitrogens with one attached hydrogen (secondary N) is 1. The third-order valence-electron chi connectivity index (χ3n) is 4.08. The summed E-state index contributed by atoms with van der Waals surface area (Å²) in [6.07, 6.45) is 2.80. The predicted molar refractivity (Wildman–Crippen MR) is 117 cm³/mol. The van der Waals surface area contributed by atoms with E-state index in [1.807, 2.05) is 12.1 Å². The van der Waals surface area contributed by atoms with Gasteiger partial charge >= 0.3 is 5.97 Å². The smallest absolute Gasteiger partial charge is 0.331 e. The molecule has 3 rings (SSSR count). The summed E-state index contributed by atoms with van der Waals surface area (Å²) in [6.45, 7) is -0.0311. The molecule has 1 amide bonds. The van der Waals surface area contributed by atoms with E-state index in [0.717, 1.165) is 11.1 Å². The Bertz CT molecular complexity index is 1050. The van der Waals surface area contributed by atoms with Crippen molar-refractivity contribution in [1.82, 2.24) is 0 Å². The average molecular weight is 440 g/mol. The number of rotatable bonds is 8. The van der Waals surface area contributed by atoms with E-state index >= 15 is 0 Å². The molecule has 3 aromatic carbocycles.